The Morgan fingerprint density at radius 2 is 2.04 bits per heavy atom. The molecular weight excluding hydrogens is 326 g/mol. The van der Waals surface area contributed by atoms with E-state index in [1.807, 2.05) is 13.8 Å². The van der Waals surface area contributed by atoms with Gasteiger partial charge in [-0.3, -0.25) is 4.79 Å². The zero-order valence-electron chi connectivity index (χ0n) is 14.7. The van der Waals surface area contributed by atoms with E-state index in [2.05, 4.69) is 5.32 Å². The first kappa shape index (κ1) is 18.8. The molecule has 1 saturated heterocycles. The number of hydrogen-bond donors (Lipinski definition) is 2. The van der Waals surface area contributed by atoms with Crippen LogP contribution >= 0.6 is 0 Å². The van der Waals surface area contributed by atoms with Gasteiger partial charge in [-0.25, -0.2) is 9.59 Å². The number of carboxylic acid groups (broad SMARTS) is 1. The molecule has 2 rings (SSSR count). The summed E-state index contributed by atoms with van der Waals surface area (Å²) in [7, 11) is 0. The lowest BCUT2D eigenvalue weighted by molar-refractivity contribution is -0.136. The molecule has 0 radical (unpaired) electrons. The third-order valence-electron chi connectivity index (χ3n) is 4.42. The average Bonchev–Trinajstić information content (AvgIpc) is 3.10. The van der Waals surface area contributed by atoms with Crippen LogP contribution in [0, 0.1) is 5.92 Å². The Balaban J connectivity index is 1.88. The van der Waals surface area contributed by atoms with Crippen molar-refractivity contribution in [1.29, 1.82) is 0 Å². The van der Waals surface area contributed by atoms with Crippen molar-refractivity contribution in [2.24, 2.45) is 5.92 Å². The first-order valence-electron chi connectivity index (χ1n) is 8.59. The Labute approximate surface area is 146 Å². The summed E-state index contributed by atoms with van der Waals surface area (Å²) in [6.45, 7) is 6.35. The molecular formula is C17H25N3O5. The number of carbonyl (C=O) groups is 3. The maximum Gasteiger partial charge on any atom is 0.371 e. The fourth-order valence-electron chi connectivity index (χ4n) is 3.02. The van der Waals surface area contributed by atoms with E-state index in [0.717, 1.165) is 12.8 Å². The number of amides is 3. The van der Waals surface area contributed by atoms with Crippen molar-refractivity contribution in [1.82, 2.24) is 15.1 Å². The fraction of sp³-hybridized carbons (Fsp3) is 0.588. The molecule has 1 unspecified atom stereocenters. The maximum absolute atomic E-state index is 12.5. The Kier molecular flexibility index (Phi) is 6.44. The SMILES string of the molecule is CCN(CC)C(=O)C1CCCN(C(=O)NCc2ccc(C(=O)O)o2)C1. The smallest absolute Gasteiger partial charge is 0.371 e. The number of urea groups is 1. The van der Waals surface area contributed by atoms with Crippen molar-refractivity contribution < 1.29 is 23.9 Å². The zero-order chi connectivity index (χ0) is 18.4. The normalized spacial score (nSPS) is 17.2. The lowest BCUT2D eigenvalue weighted by atomic mass is 9.96. The number of furan rings is 1. The Morgan fingerprint density at radius 1 is 1.32 bits per heavy atom. The van der Waals surface area contributed by atoms with Crippen LogP contribution in [0.15, 0.2) is 16.5 Å². The van der Waals surface area contributed by atoms with Gasteiger partial charge in [0, 0.05) is 26.2 Å². The Hall–Kier alpha value is -2.51. The molecule has 1 aliphatic heterocycles. The molecule has 8 heteroatoms. The predicted molar refractivity (Wildman–Crippen MR) is 90.1 cm³/mol. The number of hydrogen-bond acceptors (Lipinski definition) is 4. The molecule has 2 N–H and O–H groups in total. The molecule has 0 aliphatic carbocycles. The second-order valence-electron chi connectivity index (χ2n) is 6.03. The summed E-state index contributed by atoms with van der Waals surface area (Å²) in [4.78, 5) is 39.0. The molecule has 0 bridgehead atoms. The summed E-state index contributed by atoms with van der Waals surface area (Å²) in [5.41, 5.74) is 0. The van der Waals surface area contributed by atoms with Crippen molar-refractivity contribution in [3.8, 4) is 0 Å². The van der Waals surface area contributed by atoms with E-state index < -0.39 is 5.97 Å². The highest BCUT2D eigenvalue weighted by atomic mass is 16.4. The minimum absolute atomic E-state index is 0.0969. The van der Waals surface area contributed by atoms with E-state index >= 15 is 0 Å². The third-order valence-corrected chi connectivity index (χ3v) is 4.42. The Bertz CT molecular complexity index is 624. The van der Waals surface area contributed by atoms with Gasteiger partial charge in [0.1, 0.15) is 5.76 Å². The lowest BCUT2D eigenvalue weighted by Gasteiger charge is -2.34. The molecule has 2 heterocycles. The van der Waals surface area contributed by atoms with Crippen LogP contribution in [0.5, 0.6) is 0 Å². The summed E-state index contributed by atoms with van der Waals surface area (Å²) in [5.74, 6) is -1.00. The van der Waals surface area contributed by atoms with Crippen LogP contribution in [0.2, 0.25) is 0 Å². The van der Waals surface area contributed by atoms with E-state index in [1.165, 1.54) is 12.1 Å². The van der Waals surface area contributed by atoms with Crippen LogP contribution in [-0.2, 0) is 11.3 Å². The van der Waals surface area contributed by atoms with Crippen molar-refractivity contribution in [3.63, 3.8) is 0 Å². The average molecular weight is 351 g/mol. The summed E-state index contributed by atoms with van der Waals surface area (Å²) < 4.78 is 5.11. The number of likely N-dealkylation sites (tertiary alicyclic amines) is 1. The van der Waals surface area contributed by atoms with Gasteiger partial charge < -0.3 is 24.6 Å². The van der Waals surface area contributed by atoms with E-state index in [4.69, 9.17) is 9.52 Å². The summed E-state index contributed by atoms with van der Waals surface area (Å²) in [5, 5.41) is 11.5. The van der Waals surface area contributed by atoms with Crippen LogP contribution in [0.3, 0.4) is 0 Å². The zero-order valence-corrected chi connectivity index (χ0v) is 14.7. The van der Waals surface area contributed by atoms with E-state index in [9.17, 15) is 14.4 Å². The van der Waals surface area contributed by atoms with Gasteiger partial charge in [-0.15, -0.1) is 0 Å². The number of nitrogens with zero attached hydrogens (tertiary/aromatic N) is 2. The molecule has 138 valence electrons. The van der Waals surface area contributed by atoms with E-state index in [0.29, 0.717) is 31.9 Å². The molecule has 1 aromatic rings. The van der Waals surface area contributed by atoms with Crippen LogP contribution < -0.4 is 5.32 Å². The van der Waals surface area contributed by atoms with Gasteiger partial charge in [-0.05, 0) is 38.8 Å². The van der Waals surface area contributed by atoms with E-state index in [-0.39, 0.29) is 30.2 Å². The monoisotopic (exact) mass is 351 g/mol. The number of carbonyl (C=O) groups excluding carboxylic acids is 2. The van der Waals surface area contributed by atoms with Gasteiger partial charge in [0.2, 0.25) is 11.7 Å². The molecule has 3 amide bonds. The van der Waals surface area contributed by atoms with Crippen molar-refractivity contribution in [2.45, 2.75) is 33.2 Å². The molecule has 0 saturated carbocycles. The standard InChI is InChI=1S/C17H25N3O5/c1-3-19(4-2)15(21)12-6-5-9-20(11-12)17(24)18-10-13-7-8-14(25-13)16(22)23/h7-8,12H,3-6,9-11H2,1-2H3,(H,18,24)(H,22,23). The molecule has 0 spiro atoms. The van der Waals surface area contributed by atoms with Crippen LogP contribution in [0.25, 0.3) is 0 Å². The molecule has 1 aromatic heterocycles. The summed E-state index contributed by atoms with van der Waals surface area (Å²) >= 11 is 0. The molecule has 0 aromatic carbocycles. The number of rotatable bonds is 6. The number of piperidine rings is 1. The van der Waals surface area contributed by atoms with Gasteiger partial charge in [0.15, 0.2) is 0 Å². The maximum atomic E-state index is 12.5. The molecule has 1 aliphatic rings. The highest BCUT2D eigenvalue weighted by Gasteiger charge is 2.30. The quantitative estimate of drug-likeness (QED) is 0.813. The lowest BCUT2D eigenvalue weighted by Crippen LogP contribution is -2.49. The van der Waals surface area contributed by atoms with Gasteiger partial charge in [-0.2, -0.15) is 0 Å². The fourth-order valence-corrected chi connectivity index (χ4v) is 3.02. The van der Waals surface area contributed by atoms with Crippen molar-refractivity contribution in [2.75, 3.05) is 26.2 Å². The molecule has 1 fully saturated rings. The topological polar surface area (TPSA) is 103 Å². The summed E-state index contributed by atoms with van der Waals surface area (Å²) in [6, 6.07) is 2.60. The van der Waals surface area contributed by atoms with Gasteiger partial charge in [0.05, 0.1) is 12.5 Å². The first-order valence-corrected chi connectivity index (χ1v) is 8.59. The van der Waals surface area contributed by atoms with Crippen LogP contribution in [0.1, 0.15) is 43.0 Å². The molecule has 25 heavy (non-hydrogen) atoms. The summed E-state index contributed by atoms with van der Waals surface area (Å²) in [6.07, 6.45) is 1.58. The minimum atomic E-state index is -1.15. The molecule has 1 atom stereocenters. The van der Waals surface area contributed by atoms with Gasteiger partial charge in [0.25, 0.3) is 0 Å². The predicted octanol–water partition coefficient (Wildman–Crippen LogP) is 1.77. The van der Waals surface area contributed by atoms with Crippen LogP contribution in [0.4, 0.5) is 4.79 Å². The molecule has 8 nitrogen and oxygen atoms in total. The second kappa shape index (κ2) is 8.55. The van der Waals surface area contributed by atoms with Crippen LogP contribution in [-0.4, -0.2) is 59.0 Å². The minimum Gasteiger partial charge on any atom is -0.475 e. The highest BCUT2D eigenvalue weighted by molar-refractivity contribution is 5.84. The third kappa shape index (κ3) is 4.74. The first-order chi connectivity index (χ1) is 12.0. The Morgan fingerprint density at radius 3 is 2.64 bits per heavy atom. The number of aromatic carboxylic acids is 1. The van der Waals surface area contributed by atoms with Gasteiger partial charge >= 0.3 is 12.0 Å². The van der Waals surface area contributed by atoms with Gasteiger partial charge in [-0.1, -0.05) is 0 Å². The number of carboxylic acids is 1. The highest BCUT2D eigenvalue weighted by Crippen LogP contribution is 2.19. The number of nitrogens with one attached hydrogen (secondary N) is 1. The van der Waals surface area contributed by atoms with Crippen molar-refractivity contribution in [3.05, 3.63) is 23.7 Å². The largest absolute Gasteiger partial charge is 0.475 e. The van der Waals surface area contributed by atoms with Crippen molar-refractivity contribution >= 4 is 17.9 Å². The van der Waals surface area contributed by atoms with E-state index in [1.54, 1.807) is 9.80 Å². The second-order valence-corrected chi connectivity index (χ2v) is 6.03.